The Kier molecular flexibility index (Phi) is 4.05. The fourth-order valence-corrected chi connectivity index (χ4v) is 1.10. The fourth-order valence-electron chi connectivity index (χ4n) is 1.10. The van der Waals surface area contributed by atoms with Crippen molar-refractivity contribution in [3.05, 3.63) is 23.9 Å². The van der Waals surface area contributed by atoms with Crippen LogP contribution in [0.15, 0.2) is 18.3 Å². The summed E-state index contributed by atoms with van der Waals surface area (Å²) in [7, 11) is 0. The lowest BCUT2D eigenvalue weighted by molar-refractivity contribution is 0.100. The molecule has 1 rings (SSSR count). The topological polar surface area (TPSA) is 88.2 Å². The molecule has 1 heterocycles. The molecule has 1 unspecified atom stereocenters. The number of nitrogens with two attached hydrogens (primary N) is 1. The van der Waals surface area contributed by atoms with E-state index in [0.717, 1.165) is 0 Å². The van der Waals surface area contributed by atoms with Crippen molar-refractivity contribution in [1.29, 1.82) is 0 Å². The smallest absolute Gasteiger partial charge is 0.252 e. The number of primary amides is 1. The van der Waals surface area contributed by atoms with Gasteiger partial charge in [-0.25, -0.2) is 4.98 Å². The van der Waals surface area contributed by atoms with Gasteiger partial charge >= 0.3 is 0 Å². The molecular formula is C10H15N3O2. The van der Waals surface area contributed by atoms with Crippen LogP contribution in [0.25, 0.3) is 0 Å². The molecule has 0 aliphatic heterocycles. The summed E-state index contributed by atoms with van der Waals surface area (Å²) in [5, 5.41) is 12.2. The first-order valence-corrected chi connectivity index (χ1v) is 4.82. The van der Waals surface area contributed by atoms with Gasteiger partial charge in [0.25, 0.3) is 5.91 Å². The Balaban J connectivity index is 2.72. The minimum atomic E-state index is -0.531. The fraction of sp³-hybridized carbons (Fsp3) is 0.400. The lowest BCUT2D eigenvalue weighted by atomic mass is 10.2. The molecule has 4 N–H and O–H groups in total. The van der Waals surface area contributed by atoms with Gasteiger partial charge in [0.2, 0.25) is 0 Å². The maximum absolute atomic E-state index is 11.0. The van der Waals surface area contributed by atoms with Crippen LogP contribution in [0.4, 0.5) is 5.82 Å². The van der Waals surface area contributed by atoms with Crippen LogP contribution in [0, 0.1) is 0 Å². The van der Waals surface area contributed by atoms with Gasteiger partial charge in [-0.3, -0.25) is 4.79 Å². The maximum atomic E-state index is 11.0. The zero-order valence-electron chi connectivity index (χ0n) is 8.60. The van der Waals surface area contributed by atoms with Crippen LogP contribution in [-0.4, -0.2) is 28.6 Å². The van der Waals surface area contributed by atoms with E-state index < -0.39 is 12.0 Å². The lowest BCUT2D eigenvalue weighted by Gasteiger charge is -2.11. The van der Waals surface area contributed by atoms with Crippen molar-refractivity contribution < 1.29 is 9.90 Å². The van der Waals surface area contributed by atoms with E-state index in [1.165, 1.54) is 0 Å². The third-order valence-corrected chi connectivity index (χ3v) is 2.05. The number of nitrogens with one attached hydrogen (secondary N) is 1. The van der Waals surface area contributed by atoms with E-state index in [1.54, 1.807) is 18.3 Å². The Hall–Kier alpha value is -1.62. The van der Waals surface area contributed by atoms with Crippen molar-refractivity contribution in [1.82, 2.24) is 4.98 Å². The molecule has 5 heteroatoms. The normalized spacial score (nSPS) is 12.1. The number of nitrogens with zero attached hydrogens (tertiary/aromatic N) is 1. The Morgan fingerprint density at radius 1 is 1.73 bits per heavy atom. The summed E-state index contributed by atoms with van der Waals surface area (Å²) < 4.78 is 0. The summed E-state index contributed by atoms with van der Waals surface area (Å²) >= 11 is 0. The highest BCUT2D eigenvalue weighted by Crippen LogP contribution is 2.10. The van der Waals surface area contributed by atoms with Crippen LogP contribution in [-0.2, 0) is 0 Å². The second-order valence-corrected chi connectivity index (χ2v) is 3.21. The summed E-state index contributed by atoms with van der Waals surface area (Å²) in [6.45, 7) is 2.23. The average molecular weight is 209 g/mol. The largest absolute Gasteiger partial charge is 0.391 e. The molecule has 0 saturated heterocycles. The first kappa shape index (κ1) is 11.5. The number of anilines is 1. The summed E-state index contributed by atoms with van der Waals surface area (Å²) in [6.07, 6.45) is 1.76. The van der Waals surface area contributed by atoms with Gasteiger partial charge in [-0.15, -0.1) is 0 Å². The number of rotatable bonds is 5. The van der Waals surface area contributed by atoms with E-state index in [2.05, 4.69) is 10.3 Å². The van der Waals surface area contributed by atoms with Gasteiger partial charge in [0.15, 0.2) is 0 Å². The summed E-state index contributed by atoms with van der Waals surface area (Å²) in [5.41, 5.74) is 5.51. The van der Waals surface area contributed by atoms with Gasteiger partial charge in [-0.1, -0.05) is 6.92 Å². The SMILES string of the molecule is CCC(O)CNc1ncccc1C(N)=O. The van der Waals surface area contributed by atoms with Crippen molar-refractivity contribution in [2.24, 2.45) is 5.73 Å². The van der Waals surface area contributed by atoms with Crippen LogP contribution in [0.2, 0.25) is 0 Å². The van der Waals surface area contributed by atoms with Gasteiger partial charge in [-0.2, -0.15) is 0 Å². The van der Waals surface area contributed by atoms with Crippen molar-refractivity contribution in [2.45, 2.75) is 19.4 Å². The highest BCUT2D eigenvalue weighted by molar-refractivity contribution is 5.97. The van der Waals surface area contributed by atoms with Crippen LogP contribution in [0.3, 0.4) is 0 Å². The van der Waals surface area contributed by atoms with E-state index >= 15 is 0 Å². The number of amides is 1. The Morgan fingerprint density at radius 3 is 3.07 bits per heavy atom. The van der Waals surface area contributed by atoms with Gasteiger partial charge in [-0.05, 0) is 18.6 Å². The molecule has 0 fully saturated rings. The van der Waals surface area contributed by atoms with Crippen LogP contribution >= 0.6 is 0 Å². The van der Waals surface area contributed by atoms with Gasteiger partial charge < -0.3 is 16.2 Å². The minimum absolute atomic E-state index is 0.334. The van der Waals surface area contributed by atoms with E-state index in [0.29, 0.717) is 24.3 Å². The summed E-state index contributed by atoms with van der Waals surface area (Å²) in [4.78, 5) is 15.0. The zero-order chi connectivity index (χ0) is 11.3. The number of carbonyl (C=O) groups excluding carboxylic acids is 1. The molecule has 0 aliphatic carbocycles. The highest BCUT2D eigenvalue weighted by atomic mass is 16.3. The predicted octanol–water partition coefficient (Wildman–Crippen LogP) is 0.363. The van der Waals surface area contributed by atoms with Crippen LogP contribution in [0.1, 0.15) is 23.7 Å². The molecule has 0 radical (unpaired) electrons. The number of aliphatic hydroxyl groups is 1. The van der Waals surface area contributed by atoms with E-state index in [-0.39, 0.29) is 0 Å². The minimum Gasteiger partial charge on any atom is -0.391 e. The molecule has 5 nitrogen and oxygen atoms in total. The summed E-state index contributed by atoms with van der Waals surface area (Å²) in [5.74, 6) is -0.117. The number of aromatic nitrogens is 1. The number of pyridine rings is 1. The van der Waals surface area contributed by atoms with E-state index in [9.17, 15) is 9.90 Å². The molecular weight excluding hydrogens is 194 g/mol. The van der Waals surface area contributed by atoms with Crippen molar-refractivity contribution >= 4 is 11.7 Å². The van der Waals surface area contributed by atoms with Crippen LogP contribution < -0.4 is 11.1 Å². The number of hydrogen-bond donors (Lipinski definition) is 3. The lowest BCUT2D eigenvalue weighted by Crippen LogP contribution is -2.21. The Labute approximate surface area is 88.3 Å². The Morgan fingerprint density at radius 2 is 2.47 bits per heavy atom. The molecule has 1 amide bonds. The molecule has 15 heavy (non-hydrogen) atoms. The molecule has 0 aliphatic rings. The molecule has 0 aromatic carbocycles. The molecule has 82 valence electrons. The second-order valence-electron chi connectivity index (χ2n) is 3.21. The molecule has 1 aromatic rings. The van der Waals surface area contributed by atoms with Gasteiger partial charge in [0.1, 0.15) is 5.82 Å². The van der Waals surface area contributed by atoms with Crippen LogP contribution in [0.5, 0.6) is 0 Å². The predicted molar refractivity (Wildman–Crippen MR) is 57.5 cm³/mol. The van der Waals surface area contributed by atoms with E-state index in [1.807, 2.05) is 6.92 Å². The standard InChI is InChI=1S/C10H15N3O2/c1-2-7(14)6-13-10-8(9(11)15)4-3-5-12-10/h3-5,7,14H,2,6H2,1H3,(H2,11,15)(H,12,13). The number of hydrogen-bond acceptors (Lipinski definition) is 4. The van der Waals surface area contributed by atoms with Gasteiger partial charge in [0, 0.05) is 12.7 Å². The van der Waals surface area contributed by atoms with Gasteiger partial charge in [0.05, 0.1) is 11.7 Å². The first-order chi connectivity index (χ1) is 7.15. The quantitative estimate of drug-likeness (QED) is 0.653. The third-order valence-electron chi connectivity index (χ3n) is 2.05. The number of carbonyl (C=O) groups is 1. The summed E-state index contributed by atoms with van der Waals surface area (Å²) in [6, 6.07) is 3.23. The zero-order valence-corrected chi connectivity index (χ0v) is 8.60. The monoisotopic (exact) mass is 209 g/mol. The molecule has 0 bridgehead atoms. The Bertz CT molecular complexity index is 341. The number of aliphatic hydroxyl groups excluding tert-OH is 1. The molecule has 0 saturated carbocycles. The molecule has 0 spiro atoms. The van der Waals surface area contributed by atoms with Crippen molar-refractivity contribution in [3.8, 4) is 0 Å². The second kappa shape index (κ2) is 5.31. The third kappa shape index (κ3) is 3.21. The van der Waals surface area contributed by atoms with Crippen molar-refractivity contribution in [2.75, 3.05) is 11.9 Å². The molecule has 1 aromatic heterocycles. The first-order valence-electron chi connectivity index (χ1n) is 4.82. The maximum Gasteiger partial charge on any atom is 0.252 e. The van der Waals surface area contributed by atoms with E-state index in [4.69, 9.17) is 5.73 Å². The average Bonchev–Trinajstić information content (AvgIpc) is 2.26. The van der Waals surface area contributed by atoms with Crippen molar-refractivity contribution in [3.63, 3.8) is 0 Å². The highest BCUT2D eigenvalue weighted by Gasteiger charge is 2.09. The molecule has 1 atom stereocenters.